The molecule has 0 aromatic heterocycles. The van der Waals surface area contributed by atoms with E-state index < -0.39 is 4.92 Å². The van der Waals surface area contributed by atoms with Crippen molar-refractivity contribution in [3.63, 3.8) is 0 Å². The van der Waals surface area contributed by atoms with Crippen molar-refractivity contribution in [1.29, 1.82) is 0 Å². The number of ether oxygens (including phenoxy) is 1. The van der Waals surface area contributed by atoms with Gasteiger partial charge < -0.3 is 4.74 Å². The van der Waals surface area contributed by atoms with E-state index in [0.717, 1.165) is 12.8 Å². The van der Waals surface area contributed by atoms with Crippen LogP contribution in [-0.4, -0.2) is 11.5 Å². The van der Waals surface area contributed by atoms with Gasteiger partial charge in [0.1, 0.15) is 5.75 Å². The van der Waals surface area contributed by atoms with Crippen LogP contribution in [0.3, 0.4) is 0 Å². The molecule has 0 aliphatic carbocycles. The summed E-state index contributed by atoms with van der Waals surface area (Å²) in [5.74, 6) is 0.355. The predicted octanol–water partition coefficient (Wildman–Crippen LogP) is 4.26. The molecule has 0 amide bonds. The lowest BCUT2D eigenvalue weighted by Crippen LogP contribution is -2.00. The minimum Gasteiger partial charge on any atom is -0.492 e. The molecule has 0 heterocycles. The molecule has 0 N–H and O–H groups in total. The van der Waals surface area contributed by atoms with Gasteiger partial charge >= 0.3 is 0 Å². The van der Waals surface area contributed by atoms with Crippen molar-refractivity contribution in [2.24, 2.45) is 0 Å². The van der Waals surface area contributed by atoms with Gasteiger partial charge in [0.25, 0.3) is 5.69 Å². The Hall–Kier alpha value is -2.07. The smallest absolute Gasteiger partial charge is 0.273 e. The van der Waals surface area contributed by atoms with Crippen LogP contribution in [0.25, 0.3) is 0 Å². The molecule has 0 aliphatic rings. The first kappa shape index (κ1) is 14.3. The molecular weight excluding hydrogens is 278 g/mol. The van der Waals surface area contributed by atoms with Gasteiger partial charge in [-0.05, 0) is 24.5 Å². The Kier molecular flexibility index (Phi) is 4.96. The maximum absolute atomic E-state index is 10.7. The average molecular weight is 292 g/mol. The number of rotatable bonds is 6. The maximum atomic E-state index is 10.7. The number of nitro benzene ring substituents is 1. The predicted molar refractivity (Wildman–Crippen MR) is 78.4 cm³/mol. The van der Waals surface area contributed by atoms with Crippen molar-refractivity contribution >= 4 is 17.3 Å². The summed E-state index contributed by atoms with van der Waals surface area (Å²) < 4.78 is 5.51. The number of nitro groups is 1. The van der Waals surface area contributed by atoms with E-state index in [2.05, 4.69) is 12.1 Å². The number of nitrogens with zero attached hydrogens (tertiary/aromatic N) is 1. The summed E-state index contributed by atoms with van der Waals surface area (Å²) in [5, 5.41) is 11.1. The zero-order chi connectivity index (χ0) is 14.4. The third kappa shape index (κ3) is 3.96. The summed E-state index contributed by atoms with van der Waals surface area (Å²) in [7, 11) is 0. The fraction of sp³-hybridized carbons (Fsp3) is 0.200. The van der Waals surface area contributed by atoms with Gasteiger partial charge in [-0.15, -0.1) is 0 Å². The van der Waals surface area contributed by atoms with E-state index in [9.17, 15) is 10.1 Å². The average Bonchev–Trinajstić information content (AvgIpc) is 2.46. The Labute approximate surface area is 122 Å². The van der Waals surface area contributed by atoms with Gasteiger partial charge in [-0.25, -0.2) is 0 Å². The Morgan fingerprint density at radius 3 is 2.60 bits per heavy atom. The number of non-ortho nitro benzene ring substituents is 1. The molecule has 0 atom stereocenters. The van der Waals surface area contributed by atoms with Crippen LogP contribution in [0.2, 0.25) is 5.02 Å². The second kappa shape index (κ2) is 6.91. The van der Waals surface area contributed by atoms with Crippen molar-refractivity contribution in [2.45, 2.75) is 12.8 Å². The summed E-state index contributed by atoms with van der Waals surface area (Å²) in [6.45, 7) is 0.468. The van der Waals surface area contributed by atoms with Gasteiger partial charge in [0.15, 0.2) is 0 Å². The van der Waals surface area contributed by atoms with Crippen molar-refractivity contribution in [3.05, 3.63) is 69.2 Å². The molecule has 104 valence electrons. The van der Waals surface area contributed by atoms with E-state index in [-0.39, 0.29) is 5.69 Å². The molecule has 20 heavy (non-hydrogen) atoms. The zero-order valence-electron chi connectivity index (χ0n) is 10.8. The third-order valence-electron chi connectivity index (χ3n) is 2.84. The summed E-state index contributed by atoms with van der Waals surface area (Å²) in [6, 6.07) is 14.3. The summed E-state index contributed by atoms with van der Waals surface area (Å²) in [4.78, 5) is 10.2. The molecule has 0 unspecified atom stereocenters. The highest BCUT2D eigenvalue weighted by Crippen LogP contribution is 2.28. The fourth-order valence-electron chi connectivity index (χ4n) is 1.82. The van der Waals surface area contributed by atoms with E-state index in [1.54, 1.807) is 0 Å². The van der Waals surface area contributed by atoms with Crippen LogP contribution < -0.4 is 4.74 Å². The molecule has 0 spiro atoms. The first-order chi connectivity index (χ1) is 9.66. The summed E-state index contributed by atoms with van der Waals surface area (Å²) in [5.41, 5.74) is 1.22. The number of hydrogen-bond acceptors (Lipinski definition) is 3. The highest BCUT2D eigenvalue weighted by atomic mass is 35.5. The van der Waals surface area contributed by atoms with Gasteiger partial charge in [0, 0.05) is 6.07 Å². The number of halogens is 1. The quantitative estimate of drug-likeness (QED) is 0.454. The molecule has 0 saturated carbocycles. The van der Waals surface area contributed by atoms with Crippen molar-refractivity contribution in [1.82, 2.24) is 0 Å². The standard InChI is InChI=1S/C15H14ClNO3/c16-14-9-8-13(17(18)19)11-15(14)20-10-4-7-12-5-2-1-3-6-12/h1-3,5-6,8-9,11H,4,7,10H2. The summed E-state index contributed by atoms with van der Waals surface area (Å²) >= 11 is 5.95. The Bertz CT molecular complexity index is 587. The van der Waals surface area contributed by atoms with Crippen LogP contribution in [0.4, 0.5) is 5.69 Å². The molecular formula is C15H14ClNO3. The van der Waals surface area contributed by atoms with Crippen LogP contribution in [0, 0.1) is 10.1 Å². The molecule has 2 aromatic rings. The van der Waals surface area contributed by atoms with E-state index >= 15 is 0 Å². The molecule has 0 saturated heterocycles. The van der Waals surface area contributed by atoms with Crippen LogP contribution in [0.15, 0.2) is 48.5 Å². The van der Waals surface area contributed by atoms with Gasteiger partial charge in [0.2, 0.25) is 0 Å². The molecule has 0 bridgehead atoms. The highest BCUT2D eigenvalue weighted by Gasteiger charge is 2.10. The molecule has 2 rings (SSSR count). The van der Waals surface area contributed by atoms with Crippen molar-refractivity contribution < 1.29 is 9.66 Å². The lowest BCUT2D eigenvalue weighted by atomic mass is 10.1. The largest absolute Gasteiger partial charge is 0.492 e. The van der Waals surface area contributed by atoms with Crippen LogP contribution in [0.1, 0.15) is 12.0 Å². The van der Waals surface area contributed by atoms with Gasteiger partial charge in [0.05, 0.1) is 22.6 Å². The maximum Gasteiger partial charge on any atom is 0.273 e. The number of aryl methyl sites for hydroxylation is 1. The monoisotopic (exact) mass is 291 g/mol. The third-order valence-corrected chi connectivity index (χ3v) is 3.15. The Morgan fingerprint density at radius 1 is 1.15 bits per heavy atom. The minimum absolute atomic E-state index is 0.0209. The Balaban J connectivity index is 1.88. The first-order valence-corrected chi connectivity index (χ1v) is 6.65. The Morgan fingerprint density at radius 2 is 1.90 bits per heavy atom. The topological polar surface area (TPSA) is 52.4 Å². The number of benzene rings is 2. The lowest BCUT2D eigenvalue weighted by Gasteiger charge is -2.07. The van der Waals surface area contributed by atoms with Crippen LogP contribution in [-0.2, 0) is 6.42 Å². The molecule has 0 fully saturated rings. The van der Waals surface area contributed by atoms with Crippen LogP contribution in [0.5, 0.6) is 5.75 Å². The van der Waals surface area contributed by atoms with Crippen molar-refractivity contribution in [2.75, 3.05) is 6.61 Å². The van der Waals surface area contributed by atoms with Gasteiger partial charge in [-0.1, -0.05) is 41.9 Å². The van der Waals surface area contributed by atoms with E-state index in [0.29, 0.717) is 17.4 Å². The SMILES string of the molecule is O=[N+]([O-])c1ccc(Cl)c(OCCCc2ccccc2)c1. The molecule has 0 radical (unpaired) electrons. The van der Waals surface area contributed by atoms with E-state index in [1.165, 1.54) is 23.8 Å². The van der Waals surface area contributed by atoms with Gasteiger partial charge in [-0.2, -0.15) is 0 Å². The number of hydrogen-bond donors (Lipinski definition) is 0. The van der Waals surface area contributed by atoms with Gasteiger partial charge in [-0.3, -0.25) is 10.1 Å². The molecule has 5 heteroatoms. The first-order valence-electron chi connectivity index (χ1n) is 6.27. The summed E-state index contributed by atoms with van der Waals surface area (Å²) in [6.07, 6.45) is 1.72. The molecule has 2 aromatic carbocycles. The van der Waals surface area contributed by atoms with E-state index in [4.69, 9.17) is 16.3 Å². The van der Waals surface area contributed by atoms with Crippen molar-refractivity contribution in [3.8, 4) is 5.75 Å². The minimum atomic E-state index is -0.465. The fourth-order valence-corrected chi connectivity index (χ4v) is 1.99. The molecule has 4 nitrogen and oxygen atoms in total. The lowest BCUT2D eigenvalue weighted by molar-refractivity contribution is -0.384. The second-order valence-electron chi connectivity index (χ2n) is 4.31. The van der Waals surface area contributed by atoms with Crippen LogP contribution >= 0.6 is 11.6 Å². The highest BCUT2D eigenvalue weighted by molar-refractivity contribution is 6.32. The molecule has 0 aliphatic heterocycles. The second-order valence-corrected chi connectivity index (χ2v) is 4.72. The normalized spacial score (nSPS) is 10.2. The zero-order valence-corrected chi connectivity index (χ0v) is 11.5. The van der Waals surface area contributed by atoms with E-state index in [1.807, 2.05) is 18.2 Å².